The molecule has 6 nitrogen and oxygen atoms in total. The molecule has 0 aliphatic heterocycles. The highest BCUT2D eigenvalue weighted by Crippen LogP contribution is 2.18. The van der Waals surface area contributed by atoms with Crippen molar-refractivity contribution >= 4 is 5.78 Å². The number of aromatic nitrogens is 5. The number of ketones is 1. The number of carbonyl (C=O) groups excluding carboxylic acids is 1. The molecule has 0 aliphatic rings. The topological polar surface area (TPSA) is 76.5 Å². The SMILES string of the molecule is Cn1nccc1-c1n[nH]c(CC(=O)C(C)(C)C)n1. The molecule has 2 rings (SSSR count). The van der Waals surface area contributed by atoms with E-state index in [9.17, 15) is 4.79 Å². The van der Waals surface area contributed by atoms with Gasteiger partial charge in [-0.1, -0.05) is 20.8 Å². The third-order valence-electron chi connectivity index (χ3n) is 2.75. The molecule has 96 valence electrons. The van der Waals surface area contributed by atoms with Gasteiger partial charge >= 0.3 is 0 Å². The lowest BCUT2D eigenvalue weighted by Crippen LogP contribution is -2.22. The molecule has 2 aromatic heterocycles. The molecule has 0 unspecified atom stereocenters. The lowest BCUT2D eigenvalue weighted by atomic mass is 9.89. The Kier molecular flexibility index (Phi) is 3.02. The zero-order valence-corrected chi connectivity index (χ0v) is 11.1. The van der Waals surface area contributed by atoms with E-state index in [-0.39, 0.29) is 17.6 Å². The van der Waals surface area contributed by atoms with E-state index in [2.05, 4.69) is 20.3 Å². The van der Waals surface area contributed by atoms with Crippen molar-refractivity contribution in [1.29, 1.82) is 0 Å². The third kappa shape index (κ3) is 2.47. The predicted octanol–water partition coefficient (Wildman–Crippen LogP) is 1.36. The maximum atomic E-state index is 11.9. The number of nitrogens with zero attached hydrogens (tertiary/aromatic N) is 4. The predicted molar refractivity (Wildman–Crippen MR) is 66.8 cm³/mol. The zero-order chi connectivity index (χ0) is 13.3. The van der Waals surface area contributed by atoms with Crippen LogP contribution in [-0.2, 0) is 18.3 Å². The molecule has 0 aromatic carbocycles. The number of nitrogens with one attached hydrogen (secondary N) is 1. The van der Waals surface area contributed by atoms with Gasteiger partial charge in [-0.15, -0.1) is 0 Å². The van der Waals surface area contributed by atoms with Gasteiger partial charge in [-0.2, -0.15) is 10.2 Å². The fourth-order valence-electron chi connectivity index (χ4n) is 1.50. The minimum Gasteiger partial charge on any atom is -0.299 e. The van der Waals surface area contributed by atoms with Gasteiger partial charge in [0.25, 0.3) is 0 Å². The van der Waals surface area contributed by atoms with Gasteiger partial charge in [0.15, 0.2) is 5.82 Å². The van der Waals surface area contributed by atoms with E-state index in [4.69, 9.17) is 0 Å². The van der Waals surface area contributed by atoms with Crippen molar-refractivity contribution in [3.8, 4) is 11.5 Å². The molecule has 0 aliphatic carbocycles. The molecule has 0 fully saturated rings. The summed E-state index contributed by atoms with van der Waals surface area (Å²) in [6.45, 7) is 5.69. The van der Waals surface area contributed by atoms with Crippen LogP contribution in [0.4, 0.5) is 0 Å². The summed E-state index contributed by atoms with van der Waals surface area (Å²) in [5.41, 5.74) is 0.458. The molecule has 0 bridgehead atoms. The Bertz CT molecular complexity index is 561. The summed E-state index contributed by atoms with van der Waals surface area (Å²) >= 11 is 0. The van der Waals surface area contributed by atoms with Gasteiger partial charge in [-0.05, 0) is 6.07 Å². The normalized spacial score (nSPS) is 11.8. The molecule has 1 N–H and O–H groups in total. The molecule has 18 heavy (non-hydrogen) atoms. The van der Waals surface area contributed by atoms with Crippen LogP contribution < -0.4 is 0 Å². The molecule has 0 radical (unpaired) electrons. The van der Waals surface area contributed by atoms with E-state index in [0.717, 1.165) is 5.69 Å². The quantitative estimate of drug-likeness (QED) is 0.888. The Morgan fingerprint density at radius 3 is 2.72 bits per heavy atom. The monoisotopic (exact) mass is 247 g/mol. The maximum Gasteiger partial charge on any atom is 0.199 e. The van der Waals surface area contributed by atoms with E-state index in [1.807, 2.05) is 33.9 Å². The number of carbonyl (C=O) groups is 1. The van der Waals surface area contributed by atoms with Crippen LogP contribution in [0.1, 0.15) is 26.6 Å². The summed E-state index contributed by atoms with van der Waals surface area (Å²) < 4.78 is 1.69. The average molecular weight is 247 g/mol. The Balaban J connectivity index is 2.17. The highest BCUT2D eigenvalue weighted by atomic mass is 16.1. The first-order chi connectivity index (χ1) is 8.38. The summed E-state index contributed by atoms with van der Waals surface area (Å²) in [7, 11) is 1.83. The molecule has 0 saturated carbocycles. The van der Waals surface area contributed by atoms with Crippen LogP contribution >= 0.6 is 0 Å². The minimum atomic E-state index is -0.362. The van der Waals surface area contributed by atoms with Crippen molar-refractivity contribution in [2.45, 2.75) is 27.2 Å². The first kappa shape index (κ1) is 12.5. The molecule has 0 spiro atoms. The largest absolute Gasteiger partial charge is 0.299 e. The maximum absolute atomic E-state index is 11.9. The Morgan fingerprint density at radius 1 is 1.44 bits per heavy atom. The second-order valence-electron chi connectivity index (χ2n) is 5.30. The van der Waals surface area contributed by atoms with Gasteiger partial charge < -0.3 is 0 Å². The lowest BCUT2D eigenvalue weighted by molar-refractivity contribution is -0.125. The Labute approximate surface area is 105 Å². The van der Waals surface area contributed by atoms with Crippen molar-refractivity contribution in [1.82, 2.24) is 25.0 Å². The number of aromatic amines is 1. The van der Waals surface area contributed by atoms with Crippen molar-refractivity contribution in [3.05, 3.63) is 18.1 Å². The fourth-order valence-corrected chi connectivity index (χ4v) is 1.50. The van der Waals surface area contributed by atoms with E-state index in [0.29, 0.717) is 11.6 Å². The molecule has 0 amide bonds. The van der Waals surface area contributed by atoms with Gasteiger partial charge in [0.2, 0.25) is 0 Å². The van der Waals surface area contributed by atoms with Gasteiger partial charge in [0, 0.05) is 18.7 Å². The number of Topliss-reactive ketones (excluding diaryl/α,β-unsaturated/α-hetero) is 1. The van der Waals surface area contributed by atoms with Crippen molar-refractivity contribution in [2.75, 3.05) is 0 Å². The summed E-state index contributed by atoms with van der Waals surface area (Å²) in [5, 5.41) is 11.0. The van der Waals surface area contributed by atoms with Gasteiger partial charge in [-0.3, -0.25) is 14.6 Å². The smallest absolute Gasteiger partial charge is 0.199 e. The molecule has 0 saturated heterocycles. The van der Waals surface area contributed by atoms with E-state index in [1.165, 1.54) is 0 Å². The Morgan fingerprint density at radius 2 is 2.17 bits per heavy atom. The van der Waals surface area contributed by atoms with Crippen LogP contribution in [0.3, 0.4) is 0 Å². The summed E-state index contributed by atoms with van der Waals surface area (Å²) in [4.78, 5) is 16.2. The highest BCUT2D eigenvalue weighted by Gasteiger charge is 2.22. The van der Waals surface area contributed by atoms with Gasteiger partial charge in [0.05, 0.1) is 6.42 Å². The van der Waals surface area contributed by atoms with Crippen LogP contribution in [-0.4, -0.2) is 30.7 Å². The average Bonchev–Trinajstić information content (AvgIpc) is 2.85. The zero-order valence-electron chi connectivity index (χ0n) is 11.1. The molecule has 2 heterocycles. The van der Waals surface area contributed by atoms with E-state index >= 15 is 0 Å². The molecular weight excluding hydrogens is 230 g/mol. The second kappa shape index (κ2) is 4.36. The minimum absolute atomic E-state index is 0.134. The van der Waals surface area contributed by atoms with Crippen molar-refractivity contribution in [3.63, 3.8) is 0 Å². The van der Waals surface area contributed by atoms with Crippen molar-refractivity contribution < 1.29 is 4.79 Å². The Hall–Kier alpha value is -1.98. The summed E-state index contributed by atoms with van der Waals surface area (Å²) in [6.07, 6.45) is 1.96. The van der Waals surface area contributed by atoms with Gasteiger partial charge in [-0.25, -0.2) is 4.98 Å². The van der Waals surface area contributed by atoms with E-state index in [1.54, 1.807) is 10.9 Å². The van der Waals surface area contributed by atoms with Crippen LogP contribution in [0.2, 0.25) is 0 Å². The number of hydrogen-bond acceptors (Lipinski definition) is 4. The summed E-state index contributed by atoms with van der Waals surface area (Å²) in [5.74, 6) is 1.29. The molecule has 2 aromatic rings. The van der Waals surface area contributed by atoms with Crippen LogP contribution in [0.25, 0.3) is 11.5 Å². The first-order valence-corrected chi connectivity index (χ1v) is 5.81. The third-order valence-corrected chi connectivity index (χ3v) is 2.75. The summed E-state index contributed by atoms with van der Waals surface area (Å²) in [6, 6.07) is 1.83. The fraction of sp³-hybridized carbons (Fsp3) is 0.500. The standard InChI is InChI=1S/C12H17N5O/c1-12(2,3)9(18)7-10-14-11(16-15-10)8-5-6-13-17(8)4/h5-6H,7H2,1-4H3,(H,14,15,16). The van der Waals surface area contributed by atoms with Crippen LogP contribution in [0, 0.1) is 5.41 Å². The number of rotatable bonds is 3. The van der Waals surface area contributed by atoms with Crippen molar-refractivity contribution in [2.24, 2.45) is 12.5 Å². The molecular formula is C12H17N5O. The molecule has 6 heteroatoms. The van der Waals surface area contributed by atoms with Crippen LogP contribution in [0.5, 0.6) is 0 Å². The second-order valence-corrected chi connectivity index (χ2v) is 5.30. The van der Waals surface area contributed by atoms with Crippen LogP contribution in [0.15, 0.2) is 12.3 Å². The van der Waals surface area contributed by atoms with E-state index < -0.39 is 0 Å². The lowest BCUT2D eigenvalue weighted by Gasteiger charge is -2.14. The number of H-pyrrole nitrogens is 1. The molecule has 0 atom stereocenters. The first-order valence-electron chi connectivity index (χ1n) is 5.81. The number of aryl methyl sites for hydroxylation is 1. The number of hydrogen-bond donors (Lipinski definition) is 1. The highest BCUT2D eigenvalue weighted by molar-refractivity contribution is 5.85. The van der Waals surface area contributed by atoms with Gasteiger partial charge in [0.1, 0.15) is 17.3 Å².